The number of fused-ring (bicyclic) bond motifs is 2. The van der Waals surface area contributed by atoms with Crippen LogP contribution in [0.2, 0.25) is 0 Å². The fraction of sp³-hybridized carbons (Fsp3) is 0.409. The Bertz CT molecular complexity index is 1170. The minimum atomic E-state index is -0.00610. The van der Waals surface area contributed by atoms with E-state index in [2.05, 4.69) is 46.9 Å². The third-order valence-corrected chi connectivity index (χ3v) is 5.68. The fourth-order valence-corrected chi connectivity index (χ4v) is 3.93. The van der Waals surface area contributed by atoms with Gasteiger partial charge >= 0.3 is 0 Å². The summed E-state index contributed by atoms with van der Waals surface area (Å²) in [4.78, 5) is 11.7. The Morgan fingerprint density at radius 2 is 1.69 bits per heavy atom. The number of piperidine rings is 1. The van der Waals surface area contributed by atoms with Crippen LogP contribution >= 0.6 is 0 Å². The molecule has 5 rings (SSSR count). The van der Waals surface area contributed by atoms with Gasteiger partial charge in [-0.3, -0.25) is 4.98 Å². The minimum absolute atomic E-state index is 0.00610. The normalized spacial score (nSPS) is 16.0. The molecule has 0 spiro atoms. The molecule has 0 atom stereocenters. The van der Waals surface area contributed by atoms with Gasteiger partial charge in [0.15, 0.2) is 11.5 Å². The van der Waals surface area contributed by atoms with E-state index < -0.39 is 0 Å². The highest BCUT2D eigenvalue weighted by Gasteiger charge is 2.27. The SMILES string of the molecule is CC(C)(C)c1ccc2nnc(C3CCN(c4cnc5ccccc5n4)CC3)n2n1. The Kier molecular flexibility index (Phi) is 4.19. The number of benzene rings is 1. The molecule has 148 valence electrons. The zero-order valence-corrected chi connectivity index (χ0v) is 17.1. The summed E-state index contributed by atoms with van der Waals surface area (Å²) in [6.07, 6.45) is 3.87. The van der Waals surface area contributed by atoms with Crippen LogP contribution in [-0.4, -0.2) is 42.9 Å². The lowest BCUT2D eigenvalue weighted by atomic mass is 9.92. The van der Waals surface area contributed by atoms with Crippen LogP contribution in [0.25, 0.3) is 16.7 Å². The molecule has 0 aliphatic carbocycles. The van der Waals surface area contributed by atoms with Crippen molar-refractivity contribution in [2.24, 2.45) is 0 Å². The van der Waals surface area contributed by atoms with E-state index in [4.69, 9.17) is 10.1 Å². The second-order valence-corrected chi connectivity index (χ2v) is 8.78. The summed E-state index contributed by atoms with van der Waals surface area (Å²) >= 11 is 0. The molecule has 7 heteroatoms. The molecular formula is C22H25N7. The van der Waals surface area contributed by atoms with Crippen molar-refractivity contribution in [2.75, 3.05) is 18.0 Å². The summed E-state index contributed by atoms with van der Waals surface area (Å²) in [5.74, 6) is 2.26. The van der Waals surface area contributed by atoms with E-state index in [1.165, 1.54) is 0 Å². The molecular weight excluding hydrogens is 362 g/mol. The van der Waals surface area contributed by atoms with Crippen LogP contribution in [0.15, 0.2) is 42.6 Å². The van der Waals surface area contributed by atoms with Crippen LogP contribution in [0.4, 0.5) is 5.82 Å². The van der Waals surface area contributed by atoms with Gasteiger partial charge in [0.25, 0.3) is 0 Å². The maximum Gasteiger partial charge on any atom is 0.177 e. The Morgan fingerprint density at radius 1 is 0.931 bits per heavy atom. The van der Waals surface area contributed by atoms with Crippen molar-refractivity contribution in [2.45, 2.75) is 44.9 Å². The topological polar surface area (TPSA) is 72.1 Å². The number of hydrogen-bond acceptors (Lipinski definition) is 6. The predicted molar refractivity (Wildman–Crippen MR) is 113 cm³/mol. The van der Waals surface area contributed by atoms with Gasteiger partial charge in [0, 0.05) is 24.4 Å². The minimum Gasteiger partial charge on any atom is -0.355 e. The van der Waals surface area contributed by atoms with Crippen molar-refractivity contribution in [3.8, 4) is 0 Å². The number of rotatable bonds is 2. The summed E-state index contributed by atoms with van der Waals surface area (Å²) in [5, 5.41) is 13.7. The molecule has 3 aromatic heterocycles. The van der Waals surface area contributed by atoms with Crippen LogP contribution in [0.3, 0.4) is 0 Å². The summed E-state index contributed by atoms with van der Waals surface area (Å²) in [7, 11) is 0. The quantitative estimate of drug-likeness (QED) is 0.522. The van der Waals surface area contributed by atoms with E-state index in [1.54, 1.807) is 0 Å². The molecule has 4 aromatic rings. The first-order valence-electron chi connectivity index (χ1n) is 10.2. The van der Waals surface area contributed by atoms with Crippen LogP contribution in [0.5, 0.6) is 0 Å². The van der Waals surface area contributed by atoms with E-state index in [1.807, 2.05) is 41.0 Å². The highest BCUT2D eigenvalue weighted by Crippen LogP contribution is 2.30. The molecule has 1 saturated heterocycles. The average Bonchev–Trinajstić information content (AvgIpc) is 3.16. The van der Waals surface area contributed by atoms with Gasteiger partial charge in [-0.05, 0) is 37.1 Å². The third-order valence-electron chi connectivity index (χ3n) is 5.68. The highest BCUT2D eigenvalue weighted by atomic mass is 15.4. The van der Waals surface area contributed by atoms with E-state index >= 15 is 0 Å². The van der Waals surface area contributed by atoms with Gasteiger partial charge in [-0.2, -0.15) is 9.61 Å². The van der Waals surface area contributed by atoms with Crippen LogP contribution in [0.1, 0.15) is 51.0 Å². The predicted octanol–water partition coefficient (Wildman–Crippen LogP) is 3.75. The number of para-hydroxylation sites is 2. The zero-order chi connectivity index (χ0) is 20.0. The summed E-state index contributed by atoms with van der Waals surface area (Å²) in [6.45, 7) is 8.37. The fourth-order valence-electron chi connectivity index (χ4n) is 3.93. The number of hydrogen-bond donors (Lipinski definition) is 0. The molecule has 1 aliphatic rings. The van der Waals surface area contributed by atoms with Gasteiger partial charge in [-0.1, -0.05) is 32.9 Å². The summed E-state index contributed by atoms with van der Waals surface area (Å²) in [6, 6.07) is 12.1. The summed E-state index contributed by atoms with van der Waals surface area (Å²) in [5.41, 5.74) is 3.73. The molecule has 0 N–H and O–H groups in total. The Hall–Kier alpha value is -3.09. The molecule has 1 aliphatic heterocycles. The van der Waals surface area contributed by atoms with Crippen LogP contribution in [-0.2, 0) is 5.41 Å². The van der Waals surface area contributed by atoms with Crippen molar-refractivity contribution >= 4 is 22.5 Å². The second-order valence-electron chi connectivity index (χ2n) is 8.78. The molecule has 0 amide bonds. The van der Waals surface area contributed by atoms with E-state index in [0.717, 1.165) is 59.9 Å². The van der Waals surface area contributed by atoms with Gasteiger partial charge in [0.2, 0.25) is 0 Å². The lowest BCUT2D eigenvalue weighted by Gasteiger charge is -2.31. The van der Waals surface area contributed by atoms with Crippen molar-refractivity contribution in [3.63, 3.8) is 0 Å². The first-order valence-corrected chi connectivity index (χ1v) is 10.2. The second kappa shape index (κ2) is 6.76. The van der Waals surface area contributed by atoms with Crippen LogP contribution < -0.4 is 4.90 Å². The van der Waals surface area contributed by atoms with Crippen molar-refractivity contribution in [1.82, 2.24) is 29.8 Å². The first kappa shape index (κ1) is 18.0. The Labute approximate surface area is 169 Å². The van der Waals surface area contributed by atoms with Gasteiger partial charge in [-0.15, -0.1) is 10.2 Å². The van der Waals surface area contributed by atoms with Crippen LogP contribution in [0, 0.1) is 0 Å². The largest absolute Gasteiger partial charge is 0.355 e. The molecule has 0 bridgehead atoms. The molecule has 7 nitrogen and oxygen atoms in total. The molecule has 4 heterocycles. The Morgan fingerprint density at radius 3 is 2.45 bits per heavy atom. The van der Waals surface area contributed by atoms with Gasteiger partial charge in [-0.25, -0.2) is 4.98 Å². The van der Waals surface area contributed by atoms with Crippen molar-refractivity contribution in [3.05, 3.63) is 54.1 Å². The first-order chi connectivity index (χ1) is 14.0. The molecule has 0 radical (unpaired) electrons. The smallest absolute Gasteiger partial charge is 0.177 e. The van der Waals surface area contributed by atoms with E-state index in [0.29, 0.717) is 5.92 Å². The molecule has 29 heavy (non-hydrogen) atoms. The lowest BCUT2D eigenvalue weighted by Crippen LogP contribution is -2.34. The molecule has 1 fully saturated rings. The van der Waals surface area contributed by atoms with Gasteiger partial charge < -0.3 is 4.90 Å². The van der Waals surface area contributed by atoms with Gasteiger partial charge in [0.1, 0.15) is 5.82 Å². The lowest BCUT2D eigenvalue weighted by molar-refractivity contribution is 0.470. The van der Waals surface area contributed by atoms with E-state index in [-0.39, 0.29) is 5.41 Å². The molecule has 1 aromatic carbocycles. The highest BCUT2D eigenvalue weighted by molar-refractivity contribution is 5.75. The van der Waals surface area contributed by atoms with E-state index in [9.17, 15) is 0 Å². The average molecular weight is 387 g/mol. The Balaban J connectivity index is 1.37. The number of nitrogens with zero attached hydrogens (tertiary/aromatic N) is 7. The monoisotopic (exact) mass is 387 g/mol. The van der Waals surface area contributed by atoms with Crippen molar-refractivity contribution < 1.29 is 0 Å². The number of anilines is 1. The zero-order valence-electron chi connectivity index (χ0n) is 17.1. The maximum atomic E-state index is 4.85. The molecule has 0 unspecified atom stereocenters. The summed E-state index contributed by atoms with van der Waals surface area (Å²) < 4.78 is 1.94. The number of aromatic nitrogens is 6. The molecule has 0 saturated carbocycles. The maximum absolute atomic E-state index is 4.85. The van der Waals surface area contributed by atoms with Gasteiger partial charge in [0.05, 0.1) is 22.9 Å². The van der Waals surface area contributed by atoms with Crippen molar-refractivity contribution in [1.29, 1.82) is 0 Å². The standard InChI is InChI=1S/C22H25N7/c1-22(2,3)18-8-9-19-25-26-21(29(19)27-18)15-10-12-28(13-11-15)20-14-23-16-6-4-5-7-17(16)24-20/h4-9,14-15H,10-13H2,1-3H3. The third kappa shape index (κ3) is 3.30.